The van der Waals surface area contributed by atoms with Gasteiger partial charge < -0.3 is 18.8 Å². The Balaban J connectivity index is 2.14. The lowest BCUT2D eigenvalue weighted by Gasteiger charge is -2.39. The topological polar surface area (TPSA) is 57.1 Å². The van der Waals surface area contributed by atoms with Gasteiger partial charge in [-0.1, -0.05) is 40.7 Å². The van der Waals surface area contributed by atoms with Gasteiger partial charge in [-0.3, -0.25) is 0 Å². The quantitative estimate of drug-likeness (QED) is 0.697. The summed E-state index contributed by atoms with van der Waals surface area (Å²) >= 11 is 0. The van der Waals surface area contributed by atoms with E-state index in [1.165, 1.54) is 0 Å². The van der Waals surface area contributed by atoms with Crippen LogP contribution in [0.15, 0.2) is 23.2 Å². The monoisotopic (exact) mass is 393 g/mol. The van der Waals surface area contributed by atoms with Crippen LogP contribution in [-0.4, -0.2) is 36.7 Å². The minimum Gasteiger partial charge on any atom is -0.496 e. The molecule has 150 valence electrons. The maximum Gasteiger partial charge on any atom is 0.193 e. The Morgan fingerprint density at radius 2 is 1.89 bits per heavy atom. The van der Waals surface area contributed by atoms with Crippen LogP contribution in [0.3, 0.4) is 0 Å². The maximum absolute atomic E-state index is 14.7. The van der Waals surface area contributed by atoms with Crippen LogP contribution in [0.2, 0.25) is 0 Å². The molecule has 0 radical (unpaired) electrons. The Hall–Kier alpha value is -1.48. The number of fused-ring (bicyclic) bond motifs is 1. The predicted molar refractivity (Wildman–Crippen MR) is 110 cm³/mol. The summed E-state index contributed by atoms with van der Waals surface area (Å²) in [4.78, 5) is 4.82. The fourth-order valence-corrected chi connectivity index (χ4v) is 7.72. The Morgan fingerprint density at radius 1 is 1.22 bits per heavy atom. The average Bonchev–Trinajstić information content (AvgIpc) is 3.19. The molecule has 6 heteroatoms. The summed E-state index contributed by atoms with van der Waals surface area (Å²) in [5.74, 6) is 1.75. The molecule has 5 nitrogen and oxygen atoms in total. The highest BCUT2D eigenvalue weighted by Gasteiger charge is 2.61. The molecule has 0 aromatic heterocycles. The summed E-state index contributed by atoms with van der Waals surface area (Å²) in [6.07, 6.45) is 0. The summed E-state index contributed by atoms with van der Waals surface area (Å²) in [7, 11) is -1.42. The van der Waals surface area contributed by atoms with Gasteiger partial charge in [0.2, 0.25) is 0 Å². The first-order valence-corrected chi connectivity index (χ1v) is 11.4. The van der Waals surface area contributed by atoms with E-state index in [-0.39, 0.29) is 6.04 Å². The molecule has 0 aliphatic carbocycles. The molecule has 1 aromatic carbocycles. The van der Waals surface area contributed by atoms with Crippen LogP contribution in [0.1, 0.15) is 48.5 Å². The lowest BCUT2D eigenvalue weighted by molar-refractivity contribution is 0.167. The highest BCUT2D eigenvalue weighted by molar-refractivity contribution is 7.74. The minimum absolute atomic E-state index is 0.131. The van der Waals surface area contributed by atoms with Gasteiger partial charge in [-0.25, -0.2) is 4.99 Å². The van der Waals surface area contributed by atoms with Crippen LogP contribution in [0.4, 0.5) is 0 Å². The predicted octanol–water partition coefficient (Wildman–Crippen LogP) is 4.68. The number of nitrogens with zero attached hydrogens (tertiary/aromatic N) is 1. The van der Waals surface area contributed by atoms with Gasteiger partial charge in [0.05, 0.1) is 23.9 Å². The van der Waals surface area contributed by atoms with Crippen molar-refractivity contribution in [1.82, 2.24) is 0 Å². The molecule has 0 N–H and O–H groups in total. The number of benzene rings is 1. The van der Waals surface area contributed by atoms with E-state index in [9.17, 15) is 4.57 Å². The number of hydrogen-bond donors (Lipinski definition) is 0. The van der Waals surface area contributed by atoms with Crippen molar-refractivity contribution in [2.45, 2.75) is 65.5 Å². The summed E-state index contributed by atoms with van der Waals surface area (Å²) in [5, 5.41) is 0.211. The zero-order valence-electron chi connectivity index (χ0n) is 17.7. The van der Waals surface area contributed by atoms with Crippen LogP contribution in [0.25, 0.3) is 0 Å². The summed E-state index contributed by atoms with van der Waals surface area (Å²) < 4.78 is 32.6. The van der Waals surface area contributed by atoms with Gasteiger partial charge in [-0.15, -0.1) is 0 Å². The molecule has 0 bridgehead atoms. The zero-order valence-corrected chi connectivity index (χ0v) is 18.6. The standard InChI is InChI=1S/C21H32NO4P/c1-13(2)14-12-25-18(22-14)21(6,7)19-26-16-11-9-10-15(24-8)17(16)27(19,23)20(3,4)5/h9-11,13-14,19H,12H2,1-8H3/t14?,19-,27+/m0/s1. The molecule has 3 rings (SSSR count). The summed E-state index contributed by atoms with van der Waals surface area (Å²) in [6, 6.07) is 5.74. The molecule has 1 aromatic rings. The number of methoxy groups -OCH3 is 1. The fourth-order valence-electron chi connectivity index (χ4n) is 3.88. The lowest BCUT2D eigenvalue weighted by Crippen LogP contribution is -2.43. The van der Waals surface area contributed by atoms with Crippen LogP contribution < -0.4 is 14.8 Å². The van der Waals surface area contributed by atoms with Crippen molar-refractivity contribution in [2.75, 3.05) is 13.7 Å². The lowest BCUT2D eigenvalue weighted by atomic mass is 9.94. The molecule has 2 heterocycles. The number of aliphatic imine (C=N–C) groups is 1. The molecule has 1 unspecified atom stereocenters. The summed E-state index contributed by atoms with van der Waals surface area (Å²) in [6.45, 7) is 14.9. The number of hydrogen-bond acceptors (Lipinski definition) is 5. The van der Waals surface area contributed by atoms with Gasteiger partial charge in [-0.05, 0) is 31.9 Å². The third-order valence-corrected chi connectivity index (χ3v) is 10.2. The molecular weight excluding hydrogens is 361 g/mol. The van der Waals surface area contributed by atoms with Crippen molar-refractivity contribution in [3.63, 3.8) is 0 Å². The van der Waals surface area contributed by atoms with Crippen LogP contribution in [0.5, 0.6) is 11.5 Å². The van der Waals surface area contributed by atoms with Gasteiger partial charge in [0.1, 0.15) is 18.1 Å². The largest absolute Gasteiger partial charge is 0.496 e. The second-order valence-electron chi connectivity index (χ2n) is 9.38. The summed E-state index contributed by atoms with van der Waals surface area (Å²) in [5.41, 5.74) is -0.628. The average molecular weight is 393 g/mol. The number of rotatable bonds is 4. The second kappa shape index (κ2) is 6.55. The van der Waals surface area contributed by atoms with E-state index in [0.29, 0.717) is 35.2 Å². The van der Waals surface area contributed by atoms with E-state index in [1.54, 1.807) is 7.11 Å². The van der Waals surface area contributed by atoms with Crippen molar-refractivity contribution in [1.29, 1.82) is 0 Å². The first-order valence-electron chi connectivity index (χ1n) is 9.59. The van der Waals surface area contributed by atoms with Gasteiger partial charge in [0, 0.05) is 5.16 Å². The van der Waals surface area contributed by atoms with Gasteiger partial charge in [0.25, 0.3) is 0 Å². The van der Waals surface area contributed by atoms with Crippen LogP contribution in [-0.2, 0) is 9.30 Å². The van der Waals surface area contributed by atoms with Crippen LogP contribution in [0, 0.1) is 11.3 Å². The molecule has 27 heavy (non-hydrogen) atoms. The minimum atomic E-state index is -3.03. The number of ether oxygens (including phenoxy) is 3. The molecule has 0 saturated carbocycles. The highest BCUT2D eigenvalue weighted by atomic mass is 31.2. The Kier molecular flexibility index (Phi) is 4.91. The SMILES string of the molecule is COc1cccc2c1[P@](=O)(C(C)(C)C)[C@@H](C(C)(C)C1=NC(C(C)C)CO1)O2. The van der Waals surface area contributed by atoms with Crippen molar-refractivity contribution in [2.24, 2.45) is 16.3 Å². The van der Waals surface area contributed by atoms with Gasteiger partial charge in [0.15, 0.2) is 18.9 Å². The van der Waals surface area contributed by atoms with Gasteiger partial charge in [-0.2, -0.15) is 0 Å². The van der Waals surface area contributed by atoms with E-state index in [0.717, 1.165) is 0 Å². The van der Waals surface area contributed by atoms with E-state index < -0.39 is 23.6 Å². The van der Waals surface area contributed by atoms with Crippen molar-refractivity contribution < 1.29 is 18.8 Å². The molecule has 0 amide bonds. The van der Waals surface area contributed by atoms with E-state index in [2.05, 4.69) is 13.8 Å². The molecule has 0 spiro atoms. The molecule has 0 saturated heterocycles. The zero-order chi connectivity index (χ0) is 20.2. The first kappa shape index (κ1) is 20.3. The van der Waals surface area contributed by atoms with E-state index >= 15 is 0 Å². The van der Waals surface area contributed by atoms with Crippen molar-refractivity contribution >= 4 is 18.3 Å². The van der Waals surface area contributed by atoms with E-state index in [4.69, 9.17) is 19.2 Å². The normalized spacial score (nSPS) is 27.8. The fraction of sp³-hybridized carbons (Fsp3) is 0.667. The molecule has 2 aliphatic rings. The maximum atomic E-state index is 14.7. The third-order valence-electron chi connectivity index (χ3n) is 5.69. The molecule has 2 aliphatic heterocycles. The van der Waals surface area contributed by atoms with E-state index in [1.807, 2.05) is 52.8 Å². The molecule has 3 atom stereocenters. The Bertz CT molecular complexity index is 807. The van der Waals surface area contributed by atoms with Crippen molar-refractivity contribution in [3.8, 4) is 11.5 Å². The first-order chi connectivity index (χ1) is 12.4. The van der Waals surface area contributed by atoms with Gasteiger partial charge >= 0.3 is 0 Å². The third kappa shape index (κ3) is 2.99. The smallest absolute Gasteiger partial charge is 0.193 e. The molecule has 0 fully saturated rings. The second-order valence-corrected chi connectivity index (χ2v) is 13.0. The highest BCUT2D eigenvalue weighted by Crippen LogP contribution is 2.70. The molecular formula is C21H32NO4P. The Morgan fingerprint density at radius 3 is 2.41 bits per heavy atom. The Labute approximate surface area is 162 Å². The van der Waals surface area contributed by atoms with Crippen molar-refractivity contribution in [3.05, 3.63) is 18.2 Å². The van der Waals surface area contributed by atoms with Crippen LogP contribution >= 0.6 is 7.14 Å².